The first-order chi connectivity index (χ1) is 6.31. The van der Waals surface area contributed by atoms with Gasteiger partial charge in [0.05, 0.1) is 0 Å². The molecule has 0 atom stereocenters. The summed E-state index contributed by atoms with van der Waals surface area (Å²) in [6, 6.07) is 2.06. The van der Waals surface area contributed by atoms with Crippen LogP contribution < -0.4 is 0 Å². The molecular formula is C9H8BrClN2. The van der Waals surface area contributed by atoms with Crippen LogP contribution in [0.2, 0.25) is 0 Å². The van der Waals surface area contributed by atoms with Crippen LogP contribution in [-0.4, -0.2) is 15.8 Å². The van der Waals surface area contributed by atoms with E-state index < -0.39 is 0 Å². The Morgan fingerprint density at radius 1 is 1.54 bits per heavy atom. The fourth-order valence-corrected chi connectivity index (χ4v) is 1.88. The Bertz CT molecular complexity index is 424. The van der Waals surface area contributed by atoms with E-state index in [0.29, 0.717) is 5.88 Å². The molecule has 68 valence electrons. The van der Waals surface area contributed by atoms with Crippen LogP contribution in [0.15, 0.2) is 22.9 Å². The molecule has 2 heterocycles. The Labute approximate surface area is 89.4 Å². The van der Waals surface area contributed by atoms with Crippen LogP contribution in [0.4, 0.5) is 0 Å². The highest BCUT2D eigenvalue weighted by molar-refractivity contribution is 9.10. The number of rotatable bonds is 2. The van der Waals surface area contributed by atoms with E-state index in [2.05, 4.69) is 32.0 Å². The first-order valence-corrected chi connectivity index (χ1v) is 5.31. The van der Waals surface area contributed by atoms with E-state index >= 15 is 0 Å². The van der Waals surface area contributed by atoms with Gasteiger partial charge >= 0.3 is 0 Å². The predicted octanol–water partition coefficient (Wildman–Crippen LogP) is 3.11. The highest BCUT2D eigenvalue weighted by Crippen LogP contribution is 2.20. The maximum Gasteiger partial charge on any atom is 0.137 e. The zero-order chi connectivity index (χ0) is 9.26. The second kappa shape index (κ2) is 3.68. The standard InChI is InChI=1S/C9H8BrClN2/c10-7-3-8-6(1-2-11)4-12-9(8)13-5-7/h3-5H,1-2H2,(H,12,13). The van der Waals surface area contributed by atoms with Crippen molar-refractivity contribution in [3.63, 3.8) is 0 Å². The van der Waals surface area contributed by atoms with Gasteiger partial charge in [-0.05, 0) is 34.0 Å². The minimum Gasteiger partial charge on any atom is -0.346 e. The summed E-state index contributed by atoms with van der Waals surface area (Å²) in [7, 11) is 0. The summed E-state index contributed by atoms with van der Waals surface area (Å²) in [6.07, 6.45) is 4.62. The van der Waals surface area contributed by atoms with Gasteiger partial charge < -0.3 is 4.98 Å². The Hall–Kier alpha value is -0.540. The van der Waals surface area contributed by atoms with Crippen LogP contribution in [-0.2, 0) is 6.42 Å². The van der Waals surface area contributed by atoms with E-state index in [1.165, 1.54) is 5.56 Å². The predicted molar refractivity (Wildman–Crippen MR) is 58.2 cm³/mol. The number of aromatic amines is 1. The van der Waals surface area contributed by atoms with Gasteiger partial charge in [0.15, 0.2) is 0 Å². The zero-order valence-corrected chi connectivity index (χ0v) is 9.19. The second-order valence-corrected chi connectivity index (χ2v) is 4.10. The molecule has 0 spiro atoms. The summed E-state index contributed by atoms with van der Waals surface area (Å²) in [4.78, 5) is 7.35. The summed E-state index contributed by atoms with van der Waals surface area (Å²) >= 11 is 9.08. The lowest BCUT2D eigenvalue weighted by molar-refractivity contribution is 1.16. The molecule has 0 bridgehead atoms. The van der Waals surface area contributed by atoms with Crippen molar-refractivity contribution in [3.8, 4) is 0 Å². The van der Waals surface area contributed by atoms with Crippen LogP contribution in [0.25, 0.3) is 11.0 Å². The average molecular weight is 260 g/mol. The molecule has 2 nitrogen and oxygen atoms in total. The first kappa shape index (κ1) is 9.03. The minimum absolute atomic E-state index is 0.638. The lowest BCUT2D eigenvalue weighted by atomic mass is 10.2. The van der Waals surface area contributed by atoms with Crippen molar-refractivity contribution < 1.29 is 0 Å². The lowest BCUT2D eigenvalue weighted by Crippen LogP contribution is -1.83. The zero-order valence-electron chi connectivity index (χ0n) is 6.85. The molecule has 0 aliphatic heterocycles. The Morgan fingerprint density at radius 2 is 2.38 bits per heavy atom. The summed E-state index contributed by atoms with van der Waals surface area (Å²) < 4.78 is 0.996. The van der Waals surface area contributed by atoms with E-state index in [1.54, 1.807) is 6.20 Å². The van der Waals surface area contributed by atoms with Crippen molar-refractivity contribution >= 4 is 38.6 Å². The third-order valence-corrected chi connectivity index (χ3v) is 2.57. The van der Waals surface area contributed by atoms with Crippen molar-refractivity contribution in [1.82, 2.24) is 9.97 Å². The first-order valence-electron chi connectivity index (χ1n) is 3.98. The average Bonchev–Trinajstić information content (AvgIpc) is 2.49. The molecule has 2 aromatic rings. The van der Waals surface area contributed by atoms with E-state index in [-0.39, 0.29) is 0 Å². The van der Waals surface area contributed by atoms with E-state index in [1.807, 2.05) is 6.20 Å². The molecular weight excluding hydrogens is 251 g/mol. The van der Waals surface area contributed by atoms with Gasteiger partial charge in [0.1, 0.15) is 5.65 Å². The van der Waals surface area contributed by atoms with E-state index in [0.717, 1.165) is 21.9 Å². The van der Waals surface area contributed by atoms with Crippen LogP contribution in [0.5, 0.6) is 0 Å². The molecule has 0 amide bonds. The molecule has 0 aliphatic carbocycles. The molecule has 13 heavy (non-hydrogen) atoms. The highest BCUT2D eigenvalue weighted by atomic mass is 79.9. The monoisotopic (exact) mass is 258 g/mol. The quantitative estimate of drug-likeness (QED) is 0.825. The van der Waals surface area contributed by atoms with Crippen molar-refractivity contribution in [1.29, 1.82) is 0 Å². The largest absolute Gasteiger partial charge is 0.346 e. The van der Waals surface area contributed by atoms with Gasteiger partial charge in [-0.1, -0.05) is 0 Å². The highest BCUT2D eigenvalue weighted by Gasteiger charge is 2.03. The van der Waals surface area contributed by atoms with E-state index in [9.17, 15) is 0 Å². The molecule has 4 heteroatoms. The number of aromatic nitrogens is 2. The molecule has 2 aromatic heterocycles. The Kier molecular flexibility index (Phi) is 2.56. The fourth-order valence-electron chi connectivity index (χ4n) is 1.34. The van der Waals surface area contributed by atoms with Gasteiger partial charge in [0, 0.05) is 28.1 Å². The Balaban J connectivity index is 2.58. The molecule has 0 aromatic carbocycles. The number of aryl methyl sites for hydroxylation is 1. The van der Waals surface area contributed by atoms with Crippen molar-refractivity contribution in [3.05, 3.63) is 28.5 Å². The summed E-state index contributed by atoms with van der Waals surface area (Å²) in [6.45, 7) is 0. The summed E-state index contributed by atoms with van der Waals surface area (Å²) in [5.74, 6) is 0.638. The van der Waals surface area contributed by atoms with Gasteiger partial charge in [0.2, 0.25) is 0 Å². The number of nitrogens with zero attached hydrogens (tertiary/aromatic N) is 1. The van der Waals surface area contributed by atoms with Gasteiger partial charge in [0.25, 0.3) is 0 Å². The summed E-state index contributed by atoms with van der Waals surface area (Å²) in [5, 5.41) is 1.15. The number of pyridine rings is 1. The molecule has 0 aliphatic rings. The summed E-state index contributed by atoms with van der Waals surface area (Å²) in [5.41, 5.74) is 2.14. The van der Waals surface area contributed by atoms with Crippen LogP contribution in [0.3, 0.4) is 0 Å². The minimum atomic E-state index is 0.638. The van der Waals surface area contributed by atoms with Gasteiger partial charge in [-0.3, -0.25) is 0 Å². The Morgan fingerprint density at radius 3 is 3.15 bits per heavy atom. The third kappa shape index (κ3) is 1.71. The topological polar surface area (TPSA) is 28.7 Å². The van der Waals surface area contributed by atoms with Gasteiger partial charge in [-0.2, -0.15) is 0 Å². The number of H-pyrrole nitrogens is 1. The lowest BCUT2D eigenvalue weighted by Gasteiger charge is -1.94. The second-order valence-electron chi connectivity index (χ2n) is 2.80. The number of nitrogens with one attached hydrogen (secondary N) is 1. The molecule has 1 N–H and O–H groups in total. The third-order valence-electron chi connectivity index (χ3n) is 1.95. The molecule has 0 saturated carbocycles. The SMILES string of the molecule is ClCCc1c[nH]c2ncc(Br)cc12. The van der Waals surface area contributed by atoms with E-state index in [4.69, 9.17) is 11.6 Å². The van der Waals surface area contributed by atoms with Crippen LogP contribution in [0, 0.1) is 0 Å². The maximum atomic E-state index is 5.69. The molecule has 0 unspecified atom stereocenters. The maximum absolute atomic E-state index is 5.69. The fraction of sp³-hybridized carbons (Fsp3) is 0.222. The van der Waals surface area contributed by atoms with Crippen molar-refractivity contribution in [2.75, 3.05) is 5.88 Å². The van der Waals surface area contributed by atoms with Crippen molar-refractivity contribution in [2.45, 2.75) is 6.42 Å². The number of hydrogen-bond acceptors (Lipinski definition) is 1. The molecule has 0 fully saturated rings. The number of hydrogen-bond donors (Lipinski definition) is 1. The normalized spacial score (nSPS) is 10.9. The van der Waals surface area contributed by atoms with Crippen LogP contribution in [0.1, 0.15) is 5.56 Å². The molecule has 2 rings (SSSR count). The van der Waals surface area contributed by atoms with Gasteiger partial charge in [-0.25, -0.2) is 4.98 Å². The number of fused-ring (bicyclic) bond motifs is 1. The molecule has 0 radical (unpaired) electrons. The van der Waals surface area contributed by atoms with Crippen LogP contribution >= 0.6 is 27.5 Å². The van der Waals surface area contributed by atoms with Gasteiger partial charge in [-0.15, -0.1) is 11.6 Å². The number of alkyl halides is 1. The smallest absolute Gasteiger partial charge is 0.137 e. The van der Waals surface area contributed by atoms with Crippen molar-refractivity contribution in [2.24, 2.45) is 0 Å². The number of halogens is 2. The molecule has 0 saturated heterocycles.